The Labute approximate surface area is 567 Å². The molecule has 0 heterocycles. The van der Waals surface area contributed by atoms with E-state index in [1.54, 1.807) is 0 Å². The summed E-state index contributed by atoms with van der Waals surface area (Å²) in [6.45, 7) is 11.8. The molecule has 0 saturated carbocycles. The molecule has 3 N–H and O–H groups in total. The molecule has 0 saturated heterocycles. The lowest BCUT2D eigenvalue weighted by Gasteiger charge is -2.21. The van der Waals surface area contributed by atoms with Gasteiger partial charge in [0, 0.05) is 25.7 Å². The van der Waals surface area contributed by atoms with Crippen LogP contribution in [0.1, 0.15) is 350 Å². The number of carbonyl (C=O) groups excluding carboxylic acids is 4. The van der Waals surface area contributed by atoms with E-state index in [2.05, 4.69) is 72.8 Å². The minimum Gasteiger partial charge on any atom is -0.462 e. The molecule has 0 fully saturated rings. The Morgan fingerprint density at radius 2 is 0.602 bits per heavy atom. The van der Waals surface area contributed by atoms with Crippen LogP contribution in [-0.4, -0.2) is 96.7 Å². The van der Waals surface area contributed by atoms with Gasteiger partial charge in [0.25, 0.3) is 0 Å². The number of esters is 4. The Morgan fingerprint density at radius 3 is 0.903 bits per heavy atom. The van der Waals surface area contributed by atoms with Crippen LogP contribution in [0, 0.1) is 17.8 Å². The maximum Gasteiger partial charge on any atom is 0.472 e. The second-order valence-electron chi connectivity index (χ2n) is 26.7. The second kappa shape index (κ2) is 64.2. The van der Waals surface area contributed by atoms with Gasteiger partial charge in [-0.05, 0) is 69.1 Å². The third kappa shape index (κ3) is 64.0. The standard InChI is InChI=1S/C74H140O17P2/c1-8-12-13-14-15-16-17-18-19-24-27-30-33-43-50-57-73(78)90-69(62-85-72(77)56-49-42-36-34-39-46-53-66(6)10-3)63-88-92(80,81)86-59-68(75)60-87-93(82,83)89-64-70(91-74(79)58-51-44-37-35-40-47-54-67(7)11-4)61-84-71(76)55-48-41-32-29-26-23-21-20-22-25-28-31-38-45-52-65(5)9-2/h16-19,65-70,75H,8-15,20-64H2,1-7H3,(H,80,81)(H,82,83)/b17-16-,19-18-/t65?,66?,67?,68-,69+,70+/m0/s1. The van der Waals surface area contributed by atoms with Gasteiger partial charge in [0.2, 0.25) is 0 Å². The quantitative estimate of drug-likeness (QED) is 0.0169. The van der Waals surface area contributed by atoms with Crippen LogP contribution in [-0.2, 0) is 65.4 Å². The lowest BCUT2D eigenvalue weighted by Crippen LogP contribution is -2.30. The number of ether oxygens (including phenoxy) is 4. The molecule has 0 aliphatic heterocycles. The lowest BCUT2D eigenvalue weighted by molar-refractivity contribution is -0.161. The molecule has 17 nitrogen and oxygen atoms in total. The van der Waals surface area contributed by atoms with Crippen molar-refractivity contribution in [3.63, 3.8) is 0 Å². The lowest BCUT2D eigenvalue weighted by atomic mass is 9.99. The minimum atomic E-state index is -4.96. The van der Waals surface area contributed by atoms with Gasteiger partial charge in [0.1, 0.15) is 19.3 Å². The van der Waals surface area contributed by atoms with Crippen molar-refractivity contribution >= 4 is 39.5 Å². The Morgan fingerprint density at radius 1 is 0.344 bits per heavy atom. The van der Waals surface area contributed by atoms with Crippen LogP contribution in [0.5, 0.6) is 0 Å². The Balaban J connectivity index is 5.24. The molecule has 0 aromatic carbocycles. The number of aliphatic hydroxyl groups excluding tert-OH is 1. The highest BCUT2D eigenvalue weighted by molar-refractivity contribution is 7.47. The van der Waals surface area contributed by atoms with Gasteiger partial charge in [0.15, 0.2) is 12.2 Å². The third-order valence-corrected chi connectivity index (χ3v) is 19.5. The SMILES string of the molecule is CCCCCC/C=C\C=C/CCCCCCCC(=O)O[C@H](COC(=O)CCCCCCCCC(C)CC)COP(=O)(O)OC[C@H](O)COP(=O)(O)OC[C@@H](COC(=O)CCCCCCCCCCCCCCCCC(C)CC)OC(=O)CCCCCCCCC(C)CC. The van der Waals surface area contributed by atoms with Crippen molar-refractivity contribution in [3.05, 3.63) is 24.3 Å². The molecule has 0 rings (SSSR count). The van der Waals surface area contributed by atoms with Gasteiger partial charge in [-0.1, -0.05) is 297 Å². The highest BCUT2D eigenvalue weighted by Gasteiger charge is 2.30. The number of allylic oxidation sites excluding steroid dienone is 4. The molecule has 0 aliphatic rings. The molecule has 93 heavy (non-hydrogen) atoms. The zero-order valence-corrected chi connectivity index (χ0v) is 62.0. The van der Waals surface area contributed by atoms with Crippen molar-refractivity contribution in [2.24, 2.45) is 17.8 Å². The first-order valence-electron chi connectivity index (χ1n) is 37.8. The van der Waals surface area contributed by atoms with Crippen LogP contribution in [0.15, 0.2) is 24.3 Å². The van der Waals surface area contributed by atoms with Crippen molar-refractivity contribution in [2.45, 2.75) is 369 Å². The van der Waals surface area contributed by atoms with E-state index in [1.165, 1.54) is 141 Å². The van der Waals surface area contributed by atoms with E-state index in [0.29, 0.717) is 25.7 Å². The van der Waals surface area contributed by atoms with Crippen molar-refractivity contribution in [2.75, 3.05) is 39.6 Å². The van der Waals surface area contributed by atoms with Crippen LogP contribution in [0.25, 0.3) is 0 Å². The van der Waals surface area contributed by atoms with Gasteiger partial charge >= 0.3 is 39.5 Å². The molecule has 0 radical (unpaired) electrons. The maximum absolute atomic E-state index is 13.0. The third-order valence-electron chi connectivity index (χ3n) is 17.6. The average molecular weight is 1360 g/mol. The summed E-state index contributed by atoms with van der Waals surface area (Å²) in [6, 6.07) is 0. The average Bonchev–Trinajstić information content (AvgIpc) is 2.51. The number of unbranched alkanes of at least 4 members (excludes halogenated alkanes) is 32. The molecule has 548 valence electrons. The summed E-state index contributed by atoms with van der Waals surface area (Å²) in [6.07, 6.45) is 52.2. The van der Waals surface area contributed by atoms with Crippen LogP contribution in [0.2, 0.25) is 0 Å². The molecule has 19 heteroatoms. The van der Waals surface area contributed by atoms with Gasteiger partial charge in [-0.2, -0.15) is 0 Å². The fraction of sp³-hybridized carbons (Fsp3) is 0.892. The van der Waals surface area contributed by atoms with Crippen LogP contribution >= 0.6 is 15.6 Å². The van der Waals surface area contributed by atoms with Gasteiger partial charge in [-0.25, -0.2) is 9.13 Å². The molecule has 0 spiro atoms. The molecule has 0 amide bonds. The van der Waals surface area contributed by atoms with E-state index < -0.39 is 97.5 Å². The van der Waals surface area contributed by atoms with E-state index in [1.807, 2.05) is 0 Å². The summed E-state index contributed by atoms with van der Waals surface area (Å²) in [5.74, 6) is 0.138. The summed E-state index contributed by atoms with van der Waals surface area (Å²) in [5, 5.41) is 10.6. The smallest absolute Gasteiger partial charge is 0.462 e. The molecule has 8 atom stereocenters. The number of hydrogen-bond acceptors (Lipinski definition) is 15. The number of carbonyl (C=O) groups is 4. The normalized spacial score (nSPS) is 15.2. The molecular formula is C74H140O17P2. The maximum atomic E-state index is 13.0. The summed E-state index contributed by atoms with van der Waals surface area (Å²) in [7, 11) is -9.92. The first-order chi connectivity index (χ1) is 44.8. The predicted octanol–water partition coefficient (Wildman–Crippen LogP) is 21.0. The first kappa shape index (κ1) is 90.5. The fourth-order valence-corrected chi connectivity index (χ4v) is 12.2. The number of aliphatic hydroxyl groups is 1. The summed E-state index contributed by atoms with van der Waals surface area (Å²) < 4.78 is 68.3. The summed E-state index contributed by atoms with van der Waals surface area (Å²) in [5.41, 5.74) is 0. The van der Waals surface area contributed by atoms with E-state index in [9.17, 15) is 43.2 Å². The predicted molar refractivity (Wildman–Crippen MR) is 377 cm³/mol. The van der Waals surface area contributed by atoms with Crippen molar-refractivity contribution in [3.8, 4) is 0 Å². The monoisotopic (exact) mass is 1360 g/mol. The molecular weight excluding hydrogens is 1220 g/mol. The Kier molecular flexibility index (Phi) is 62.5. The zero-order valence-electron chi connectivity index (χ0n) is 60.2. The molecule has 0 aromatic heterocycles. The minimum absolute atomic E-state index is 0.0837. The molecule has 0 aromatic rings. The Hall–Kier alpha value is -2.46. The number of rotatable bonds is 70. The molecule has 5 unspecified atom stereocenters. The molecule has 0 aliphatic carbocycles. The van der Waals surface area contributed by atoms with E-state index in [4.69, 9.17) is 37.0 Å². The van der Waals surface area contributed by atoms with E-state index in [-0.39, 0.29) is 25.7 Å². The van der Waals surface area contributed by atoms with E-state index in [0.717, 1.165) is 127 Å². The van der Waals surface area contributed by atoms with Crippen molar-refractivity contribution in [1.29, 1.82) is 0 Å². The Bertz CT molecular complexity index is 1920. The summed E-state index contributed by atoms with van der Waals surface area (Å²) >= 11 is 0. The van der Waals surface area contributed by atoms with Gasteiger partial charge in [0.05, 0.1) is 26.4 Å². The number of hydrogen-bond donors (Lipinski definition) is 3. The first-order valence-corrected chi connectivity index (χ1v) is 40.8. The van der Waals surface area contributed by atoms with Gasteiger partial charge < -0.3 is 33.8 Å². The number of phosphoric acid groups is 2. The second-order valence-corrected chi connectivity index (χ2v) is 29.6. The van der Waals surface area contributed by atoms with Crippen molar-refractivity contribution in [1.82, 2.24) is 0 Å². The van der Waals surface area contributed by atoms with Crippen LogP contribution in [0.3, 0.4) is 0 Å². The van der Waals surface area contributed by atoms with E-state index >= 15 is 0 Å². The van der Waals surface area contributed by atoms with Crippen LogP contribution < -0.4 is 0 Å². The van der Waals surface area contributed by atoms with Gasteiger partial charge in [-0.3, -0.25) is 37.3 Å². The highest BCUT2D eigenvalue weighted by Crippen LogP contribution is 2.45. The zero-order chi connectivity index (χ0) is 68.7. The summed E-state index contributed by atoms with van der Waals surface area (Å²) in [4.78, 5) is 72.6. The topological polar surface area (TPSA) is 237 Å². The largest absolute Gasteiger partial charge is 0.472 e. The van der Waals surface area contributed by atoms with Gasteiger partial charge in [-0.15, -0.1) is 0 Å². The van der Waals surface area contributed by atoms with Crippen LogP contribution in [0.4, 0.5) is 0 Å². The fourth-order valence-electron chi connectivity index (χ4n) is 10.6. The highest BCUT2D eigenvalue weighted by atomic mass is 31.2. The molecule has 0 bridgehead atoms. The number of phosphoric ester groups is 2. The van der Waals surface area contributed by atoms with Crippen molar-refractivity contribution < 1.29 is 80.2 Å².